The summed E-state index contributed by atoms with van der Waals surface area (Å²) < 4.78 is 29.0. The first-order chi connectivity index (χ1) is 9.78. The fourth-order valence-corrected chi connectivity index (χ4v) is 2.13. The van der Waals surface area contributed by atoms with Crippen LogP contribution in [0.1, 0.15) is 5.56 Å². The highest BCUT2D eigenvalue weighted by Crippen LogP contribution is 2.36. The Labute approximate surface area is 116 Å². The van der Waals surface area contributed by atoms with Gasteiger partial charge in [-0.25, -0.2) is 4.39 Å². The molecule has 0 unspecified atom stereocenters. The van der Waals surface area contributed by atoms with E-state index in [1.807, 2.05) is 18.2 Å². The van der Waals surface area contributed by atoms with Crippen LogP contribution in [-0.2, 0) is 6.54 Å². The maximum absolute atomic E-state index is 13.1. The molecule has 0 bridgehead atoms. The highest BCUT2D eigenvalue weighted by molar-refractivity contribution is 5.58. The molecule has 5 heteroatoms. The second kappa shape index (κ2) is 5.28. The average Bonchev–Trinajstić information content (AvgIpc) is 2.94. The minimum atomic E-state index is -0.329. The first-order valence-corrected chi connectivity index (χ1v) is 6.23. The smallest absolute Gasteiger partial charge is 0.231 e. The summed E-state index contributed by atoms with van der Waals surface area (Å²) in [6, 6.07) is 10.1. The summed E-state index contributed by atoms with van der Waals surface area (Å²) in [4.78, 5) is 0. The maximum Gasteiger partial charge on any atom is 0.231 e. The molecule has 1 aliphatic heterocycles. The van der Waals surface area contributed by atoms with Crippen molar-refractivity contribution in [3.8, 4) is 17.2 Å². The molecule has 4 nitrogen and oxygen atoms in total. The lowest BCUT2D eigenvalue weighted by atomic mass is 10.2. The molecular formula is C15H14FNO3. The van der Waals surface area contributed by atoms with Gasteiger partial charge in [0.05, 0.1) is 12.8 Å². The zero-order valence-electron chi connectivity index (χ0n) is 11.0. The predicted molar refractivity (Wildman–Crippen MR) is 72.8 cm³/mol. The third kappa shape index (κ3) is 2.34. The second-order valence-corrected chi connectivity index (χ2v) is 4.35. The average molecular weight is 275 g/mol. The summed E-state index contributed by atoms with van der Waals surface area (Å²) in [6.45, 7) is 0.779. The van der Waals surface area contributed by atoms with Crippen molar-refractivity contribution in [1.29, 1.82) is 0 Å². The van der Waals surface area contributed by atoms with Crippen LogP contribution in [0.15, 0.2) is 36.4 Å². The lowest BCUT2D eigenvalue weighted by Crippen LogP contribution is -2.03. The van der Waals surface area contributed by atoms with Crippen LogP contribution in [0.3, 0.4) is 0 Å². The number of hydrogen-bond acceptors (Lipinski definition) is 4. The quantitative estimate of drug-likeness (QED) is 0.930. The molecule has 1 N–H and O–H groups in total. The molecule has 0 spiro atoms. The van der Waals surface area contributed by atoms with Crippen molar-refractivity contribution in [3.05, 3.63) is 47.8 Å². The van der Waals surface area contributed by atoms with E-state index < -0.39 is 0 Å². The lowest BCUT2D eigenvalue weighted by Gasteiger charge is -2.12. The van der Waals surface area contributed by atoms with Gasteiger partial charge in [0.15, 0.2) is 11.5 Å². The lowest BCUT2D eigenvalue weighted by molar-refractivity contribution is 0.173. The van der Waals surface area contributed by atoms with E-state index in [-0.39, 0.29) is 12.6 Å². The van der Waals surface area contributed by atoms with Crippen LogP contribution in [0.2, 0.25) is 0 Å². The van der Waals surface area contributed by atoms with E-state index in [1.54, 1.807) is 6.07 Å². The zero-order chi connectivity index (χ0) is 13.9. The van der Waals surface area contributed by atoms with Crippen molar-refractivity contribution in [3.63, 3.8) is 0 Å². The van der Waals surface area contributed by atoms with Gasteiger partial charge in [0.1, 0.15) is 11.6 Å². The number of nitrogens with one attached hydrogen (secondary N) is 1. The Bertz CT molecular complexity index is 631. The van der Waals surface area contributed by atoms with Crippen LogP contribution < -0.4 is 19.5 Å². The van der Waals surface area contributed by atoms with Gasteiger partial charge in [-0.2, -0.15) is 0 Å². The molecular weight excluding hydrogens is 261 g/mol. The molecule has 2 aromatic carbocycles. The zero-order valence-corrected chi connectivity index (χ0v) is 11.0. The van der Waals surface area contributed by atoms with Gasteiger partial charge in [-0.05, 0) is 18.2 Å². The third-order valence-electron chi connectivity index (χ3n) is 3.11. The Morgan fingerprint density at radius 2 is 2.15 bits per heavy atom. The minimum absolute atomic E-state index is 0.242. The molecule has 0 atom stereocenters. The second-order valence-electron chi connectivity index (χ2n) is 4.35. The van der Waals surface area contributed by atoms with E-state index in [1.165, 1.54) is 19.2 Å². The standard InChI is InChI=1S/C15H14FNO3/c1-18-14-7-11(16)5-6-12(14)17-8-10-3-2-4-13-15(10)20-9-19-13/h2-7,17H,8-9H2,1H3. The molecule has 1 heterocycles. The van der Waals surface area contributed by atoms with Crippen molar-refractivity contribution in [2.75, 3.05) is 19.2 Å². The molecule has 2 aromatic rings. The molecule has 20 heavy (non-hydrogen) atoms. The fraction of sp³-hybridized carbons (Fsp3) is 0.200. The van der Waals surface area contributed by atoms with Crippen molar-refractivity contribution in [2.24, 2.45) is 0 Å². The fourth-order valence-electron chi connectivity index (χ4n) is 2.13. The van der Waals surface area contributed by atoms with Crippen LogP contribution in [0.25, 0.3) is 0 Å². The van der Waals surface area contributed by atoms with E-state index in [0.29, 0.717) is 12.3 Å². The summed E-state index contributed by atoms with van der Waals surface area (Å²) in [7, 11) is 1.51. The molecule has 0 fully saturated rings. The van der Waals surface area contributed by atoms with Crippen LogP contribution >= 0.6 is 0 Å². The number of ether oxygens (including phenoxy) is 3. The van der Waals surface area contributed by atoms with Gasteiger partial charge in [0, 0.05) is 18.2 Å². The number of hydrogen-bond donors (Lipinski definition) is 1. The Morgan fingerprint density at radius 1 is 1.25 bits per heavy atom. The molecule has 0 aromatic heterocycles. The van der Waals surface area contributed by atoms with Gasteiger partial charge < -0.3 is 19.5 Å². The van der Waals surface area contributed by atoms with Crippen molar-refractivity contribution >= 4 is 5.69 Å². The van der Waals surface area contributed by atoms with Gasteiger partial charge in [-0.3, -0.25) is 0 Å². The van der Waals surface area contributed by atoms with E-state index >= 15 is 0 Å². The van der Waals surface area contributed by atoms with Crippen molar-refractivity contribution in [1.82, 2.24) is 0 Å². The van der Waals surface area contributed by atoms with Gasteiger partial charge in [0.25, 0.3) is 0 Å². The molecule has 0 saturated carbocycles. The molecule has 0 saturated heterocycles. The molecule has 0 aliphatic carbocycles. The number of methoxy groups -OCH3 is 1. The minimum Gasteiger partial charge on any atom is -0.494 e. The third-order valence-corrected chi connectivity index (χ3v) is 3.11. The van der Waals surface area contributed by atoms with Crippen LogP contribution in [0, 0.1) is 5.82 Å². The van der Waals surface area contributed by atoms with Crippen molar-refractivity contribution in [2.45, 2.75) is 6.54 Å². The summed E-state index contributed by atoms with van der Waals surface area (Å²) in [6.07, 6.45) is 0. The normalized spacial score (nSPS) is 12.3. The van der Waals surface area contributed by atoms with Gasteiger partial charge in [-0.15, -0.1) is 0 Å². The number of halogens is 1. The molecule has 1 aliphatic rings. The summed E-state index contributed by atoms with van der Waals surface area (Å²) in [5, 5.41) is 3.21. The Kier molecular flexibility index (Phi) is 3.33. The van der Waals surface area contributed by atoms with Gasteiger partial charge in [0.2, 0.25) is 6.79 Å². The van der Waals surface area contributed by atoms with E-state index in [0.717, 1.165) is 22.7 Å². The van der Waals surface area contributed by atoms with Crippen molar-refractivity contribution < 1.29 is 18.6 Å². The van der Waals surface area contributed by atoms with E-state index in [2.05, 4.69) is 5.32 Å². The molecule has 0 amide bonds. The first kappa shape index (κ1) is 12.6. The number of para-hydroxylation sites is 1. The van der Waals surface area contributed by atoms with E-state index in [9.17, 15) is 4.39 Å². The number of rotatable bonds is 4. The molecule has 104 valence electrons. The summed E-state index contributed by atoms with van der Waals surface area (Å²) in [5.41, 5.74) is 1.71. The van der Waals surface area contributed by atoms with E-state index in [4.69, 9.17) is 14.2 Å². The SMILES string of the molecule is COc1cc(F)ccc1NCc1cccc2c1OCO2. The van der Waals surface area contributed by atoms with Gasteiger partial charge in [-0.1, -0.05) is 12.1 Å². The topological polar surface area (TPSA) is 39.7 Å². The largest absolute Gasteiger partial charge is 0.494 e. The Hall–Kier alpha value is -2.43. The van der Waals surface area contributed by atoms with Crippen LogP contribution in [0.4, 0.5) is 10.1 Å². The van der Waals surface area contributed by atoms with Gasteiger partial charge >= 0.3 is 0 Å². The highest BCUT2D eigenvalue weighted by atomic mass is 19.1. The highest BCUT2D eigenvalue weighted by Gasteiger charge is 2.17. The number of fused-ring (bicyclic) bond motifs is 1. The monoisotopic (exact) mass is 275 g/mol. The maximum atomic E-state index is 13.1. The Morgan fingerprint density at radius 3 is 3.00 bits per heavy atom. The molecule has 3 rings (SSSR count). The summed E-state index contributed by atoms with van der Waals surface area (Å²) >= 11 is 0. The van der Waals surface area contributed by atoms with Crippen LogP contribution in [0.5, 0.6) is 17.2 Å². The number of benzene rings is 2. The number of anilines is 1. The Balaban J connectivity index is 1.79. The molecule has 0 radical (unpaired) electrons. The first-order valence-electron chi connectivity index (χ1n) is 6.23. The predicted octanol–water partition coefficient (Wildman–Crippen LogP) is 3.18. The summed E-state index contributed by atoms with van der Waals surface area (Å²) in [5.74, 6) is 1.64. The van der Waals surface area contributed by atoms with Crippen LogP contribution in [-0.4, -0.2) is 13.9 Å².